The minimum Gasteiger partial charge on any atom is -0.503 e. The van der Waals surface area contributed by atoms with Gasteiger partial charge in [-0.2, -0.15) is 0 Å². The zero-order chi connectivity index (χ0) is 17.9. The maximum Gasteiger partial charge on any atom is 0.307 e. The van der Waals surface area contributed by atoms with Crippen molar-refractivity contribution in [3.8, 4) is 11.5 Å². The summed E-state index contributed by atoms with van der Waals surface area (Å²) >= 11 is 9.59. The Morgan fingerprint density at radius 2 is 2.17 bits per heavy atom. The molecule has 6 nitrogen and oxygen atoms in total. The molecule has 24 heavy (non-hydrogen) atoms. The Hall–Kier alpha value is -1.58. The molecule has 0 bridgehead atoms. The van der Waals surface area contributed by atoms with Crippen molar-refractivity contribution in [1.82, 2.24) is 4.90 Å². The molecule has 9 heteroatoms. The van der Waals surface area contributed by atoms with Gasteiger partial charge in [0.2, 0.25) is 0 Å². The second kappa shape index (κ2) is 8.00. The highest BCUT2D eigenvalue weighted by Crippen LogP contribution is 2.38. The number of phenolic OH excluding ortho intramolecular Hbond substituents is 1. The van der Waals surface area contributed by atoms with Gasteiger partial charge in [0.1, 0.15) is 4.32 Å². The number of phenols is 1. The molecule has 1 amide bonds. The van der Waals surface area contributed by atoms with Gasteiger partial charge in [-0.25, -0.2) is 0 Å². The lowest BCUT2D eigenvalue weighted by Gasteiger charge is -2.13. The molecule has 0 radical (unpaired) electrons. The van der Waals surface area contributed by atoms with Crippen LogP contribution in [0.5, 0.6) is 11.5 Å². The van der Waals surface area contributed by atoms with Crippen LogP contribution < -0.4 is 4.74 Å². The lowest BCUT2D eigenvalue weighted by atomic mass is 10.2. The molecule has 1 N–H and O–H groups in total. The van der Waals surface area contributed by atoms with Crippen LogP contribution in [-0.2, 0) is 14.3 Å². The first-order valence-electron chi connectivity index (χ1n) is 6.76. The van der Waals surface area contributed by atoms with E-state index >= 15 is 0 Å². The smallest absolute Gasteiger partial charge is 0.307 e. The summed E-state index contributed by atoms with van der Waals surface area (Å²) < 4.78 is 10.5. The number of thiocarbonyl (C=S) groups is 1. The van der Waals surface area contributed by atoms with Crippen molar-refractivity contribution in [2.24, 2.45) is 0 Å². The van der Waals surface area contributed by atoms with E-state index in [1.165, 1.54) is 19.1 Å². The molecule has 0 unspecified atom stereocenters. The number of thioether (sulfide) groups is 1. The molecular weight excluding hydrogens is 418 g/mol. The molecule has 1 aromatic rings. The van der Waals surface area contributed by atoms with Crippen LogP contribution in [0.25, 0.3) is 6.08 Å². The van der Waals surface area contributed by atoms with Crippen molar-refractivity contribution < 1.29 is 24.2 Å². The quantitative estimate of drug-likeness (QED) is 0.436. The van der Waals surface area contributed by atoms with E-state index in [9.17, 15) is 14.7 Å². The van der Waals surface area contributed by atoms with E-state index in [4.69, 9.17) is 17.0 Å². The summed E-state index contributed by atoms with van der Waals surface area (Å²) in [6.45, 7) is 0.178. The fourth-order valence-electron chi connectivity index (χ4n) is 1.98. The molecule has 1 aromatic carbocycles. The average molecular weight is 432 g/mol. The standard InChI is InChI=1S/C15H14BrNO5S2/c1-21-10-6-8(5-9(16)13(10)19)7-11-14(20)17(15(23)24-11)4-3-12(18)22-2/h5-7,19H,3-4H2,1-2H3/b11-7+. The Bertz CT molecular complexity index is 735. The molecule has 0 atom stereocenters. The number of carbonyl (C=O) groups excluding carboxylic acids is 2. The second-order valence-corrected chi connectivity index (χ2v) is 7.24. The summed E-state index contributed by atoms with van der Waals surface area (Å²) in [5, 5.41) is 9.83. The SMILES string of the molecule is COC(=O)CCN1C(=O)/C(=C\c2cc(Br)c(O)c(OC)c2)SC1=S. The van der Waals surface area contributed by atoms with Gasteiger partial charge in [0.25, 0.3) is 5.91 Å². The zero-order valence-electron chi connectivity index (χ0n) is 12.9. The number of hydrogen-bond acceptors (Lipinski definition) is 7. The van der Waals surface area contributed by atoms with Gasteiger partial charge in [-0.1, -0.05) is 24.0 Å². The van der Waals surface area contributed by atoms with E-state index < -0.39 is 5.97 Å². The number of nitrogens with zero attached hydrogens (tertiary/aromatic N) is 1. The number of halogens is 1. The third kappa shape index (κ3) is 4.08. The van der Waals surface area contributed by atoms with Crippen LogP contribution in [0, 0.1) is 0 Å². The summed E-state index contributed by atoms with van der Waals surface area (Å²) in [5.41, 5.74) is 0.671. The van der Waals surface area contributed by atoms with Crippen molar-refractivity contribution in [1.29, 1.82) is 0 Å². The minimum atomic E-state index is -0.403. The Balaban J connectivity index is 2.22. The second-order valence-electron chi connectivity index (χ2n) is 4.71. The number of benzene rings is 1. The van der Waals surface area contributed by atoms with E-state index in [1.54, 1.807) is 18.2 Å². The number of hydrogen-bond donors (Lipinski definition) is 1. The predicted octanol–water partition coefficient (Wildman–Crippen LogP) is 2.93. The zero-order valence-corrected chi connectivity index (χ0v) is 16.1. The van der Waals surface area contributed by atoms with Gasteiger partial charge < -0.3 is 14.6 Å². The van der Waals surface area contributed by atoms with Gasteiger partial charge in [-0.05, 0) is 39.7 Å². The maximum atomic E-state index is 12.4. The number of ether oxygens (including phenoxy) is 2. The van der Waals surface area contributed by atoms with E-state index in [1.807, 2.05) is 0 Å². The summed E-state index contributed by atoms with van der Waals surface area (Å²) in [4.78, 5) is 25.5. The van der Waals surface area contributed by atoms with E-state index in [0.29, 0.717) is 19.3 Å². The van der Waals surface area contributed by atoms with Gasteiger partial charge in [-0.3, -0.25) is 14.5 Å². The largest absolute Gasteiger partial charge is 0.503 e. The van der Waals surface area contributed by atoms with Gasteiger partial charge in [-0.15, -0.1) is 0 Å². The van der Waals surface area contributed by atoms with Crippen molar-refractivity contribution in [3.05, 3.63) is 27.1 Å². The summed E-state index contributed by atoms with van der Waals surface area (Å²) in [5.74, 6) is -0.394. The van der Waals surface area contributed by atoms with Crippen molar-refractivity contribution >= 4 is 62.2 Å². The first-order valence-corrected chi connectivity index (χ1v) is 8.77. The molecule has 1 aliphatic rings. The maximum absolute atomic E-state index is 12.4. The van der Waals surface area contributed by atoms with Crippen LogP contribution in [-0.4, -0.2) is 47.0 Å². The average Bonchev–Trinajstić information content (AvgIpc) is 2.82. The fourth-order valence-corrected chi connectivity index (χ4v) is 3.75. The van der Waals surface area contributed by atoms with E-state index in [2.05, 4.69) is 20.7 Å². The number of aromatic hydroxyl groups is 1. The lowest BCUT2D eigenvalue weighted by molar-refractivity contribution is -0.140. The molecule has 0 aromatic heterocycles. The molecule has 128 valence electrons. The molecule has 1 fully saturated rings. The van der Waals surface area contributed by atoms with Gasteiger partial charge in [0.15, 0.2) is 11.5 Å². The minimum absolute atomic E-state index is 0.0136. The molecular formula is C15H14BrNO5S2. The summed E-state index contributed by atoms with van der Waals surface area (Å²) in [6.07, 6.45) is 1.74. The highest BCUT2D eigenvalue weighted by Gasteiger charge is 2.32. The topological polar surface area (TPSA) is 76.1 Å². The van der Waals surface area contributed by atoms with Crippen molar-refractivity contribution in [2.45, 2.75) is 6.42 Å². The van der Waals surface area contributed by atoms with Gasteiger partial charge >= 0.3 is 5.97 Å². The lowest BCUT2D eigenvalue weighted by Crippen LogP contribution is -2.30. The molecule has 1 saturated heterocycles. The highest BCUT2D eigenvalue weighted by molar-refractivity contribution is 9.10. The van der Waals surface area contributed by atoms with Crippen LogP contribution in [0.4, 0.5) is 0 Å². The first-order chi connectivity index (χ1) is 11.4. The van der Waals surface area contributed by atoms with Gasteiger partial charge in [0.05, 0.1) is 30.0 Å². The fraction of sp³-hybridized carbons (Fsp3) is 0.267. The number of rotatable bonds is 5. The first kappa shape index (κ1) is 18.8. The van der Waals surface area contributed by atoms with Crippen LogP contribution in [0.2, 0.25) is 0 Å². The number of esters is 1. The monoisotopic (exact) mass is 431 g/mol. The summed E-state index contributed by atoms with van der Waals surface area (Å²) in [6, 6.07) is 3.28. The number of amides is 1. The number of carbonyl (C=O) groups is 2. The Morgan fingerprint density at radius 3 is 2.79 bits per heavy atom. The Kier molecular flexibility index (Phi) is 6.25. The van der Waals surface area contributed by atoms with Crippen LogP contribution in [0.1, 0.15) is 12.0 Å². The van der Waals surface area contributed by atoms with Crippen LogP contribution in [0.3, 0.4) is 0 Å². The molecule has 0 spiro atoms. The Labute approximate surface area is 156 Å². The molecule has 1 aliphatic heterocycles. The highest BCUT2D eigenvalue weighted by atomic mass is 79.9. The molecule has 0 aliphatic carbocycles. The molecule has 0 saturated carbocycles. The van der Waals surface area contributed by atoms with Gasteiger partial charge in [0, 0.05) is 6.54 Å². The van der Waals surface area contributed by atoms with E-state index in [0.717, 1.165) is 11.8 Å². The Morgan fingerprint density at radius 1 is 1.46 bits per heavy atom. The predicted molar refractivity (Wildman–Crippen MR) is 98.9 cm³/mol. The van der Waals surface area contributed by atoms with Crippen LogP contribution >= 0.6 is 39.9 Å². The molecule has 1 heterocycles. The van der Waals surface area contributed by atoms with Crippen LogP contribution in [0.15, 0.2) is 21.5 Å². The third-order valence-corrected chi connectivity index (χ3v) is 5.19. The van der Waals surface area contributed by atoms with Crippen molar-refractivity contribution in [3.63, 3.8) is 0 Å². The van der Waals surface area contributed by atoms with E-state index in [-0.39, 0.29) is 30.4 Å². The third-order valence-electron chi connectivity index (χ3n) is 3.21. The number of methoxy groups -OCH3 is 2. The normalized spacial score (nSPS) is 16.0. The van der Waals surface area contributed by atoms with Crippen molar-refractivity contribution in [2.75, 3.05) is 20.8 Å². The summed E-state index contributed by atoms with van der Waals surface area (Å²) in [7, 11) is 2.74. The molecule has 2 rings (SSSR count).